The summed E-state index contributed by atoms with van der Waals surface area (Å²) < 4.78 is 6.82. The molecule has 0 spiro atoms. The molecule has 0 unspecified atom stereocenters. The van der Waals surface area contributed by atoms with Crippen molar-refractivity contribution in [2.24, 2.45) is 0 Å². The van der Waals surface area contributed by atoms with Gasteiger partial charge in [-0.15, -0.1) is 0 Å². The zero-order valence-electron chi connectivity index (χ0n) is 16.8. The van der Waals surface area contributed by atoms with Crippen molar-refractivity contribution in [1.29, 1.82) is 0 Å². The number of rotatable bonds is 6. The van der Waals surface area contributed by atoms with Crippen molar-refractivity contribution in [3.05, 3.63) is 75.8 Å². The molecule has 1 N–H and O–H groups in total. The number of carbonyl (C=O) groups excluding carboxylic acids is 2. The molecule has 0 saturated heterocycles. The molecule has 7 nitrogen and oxygen atoms in total. The second kappa shape index (κ2) is 8.49. The number of benzene rings is 2. The molecule has 1 aromatic heterocycles. The lowest BCUT2D eigenvalue weighted by molar-refractivity contribution is -0.124. The van der Waals surface area contributed by atoms with Crippen LogP contribution in [0.15, 0.2) is 53.3 Å². The van der Waals surface area contributed by atoms with E-state index in [2.05, 4.69) is 10.3 Å². The van der Waals surface area contributed by atoms with Gasteiger partial charge in [0.2, 0.25) is 0 Å². The number of hydrogen-bond donors (Lipinski definition) is 1. The SMILES string of the molecule is C[C@H](CNC(=O)COC(=O)c1ccc2c(=O)n3c(nc2c1)CCC3)c1ccccc1. The van der Waals surface area contributed by atoms with Crippen molar-refractivity contribution in [1.82, 2.24) is 14.9 Å². The number of ether oxygens (including phenoxy) is 1. The molecule has 1 atom stereocenters. The molecule has 154 valence electrons. The number of hydrogen-bond acceptors (Lipinski definition) is 5. The quantitative estimate of drug-likeness (QED) is 0.636. The summed E-state index contributed by atoms with van der Waals surface area (Å²) in [5.41, 5.74) is 1.78. The Morgan fingerprint density at radius 1 is 1.20 bits per heavy atom. The van der Waals surface area contributed by atoms with Crippen LogP contribution in [0.5, 0.6) is 0 Å². The van der Waals surface area contributed by atoms with Crippen LogP contribution in [0.2, 0.25) is 0 Å². The Hall–Kier alpha value is -3.48. The smallest absolute Gasteiger partial charge is 0.338 e. The third kappa shape index (κ3) is 4.10. The topological polar surface area (TPSA) is 90.3 Å². The Balaban J connectivity index is 1.36. The minimum absolute atomic E-state index is 0.0840. The summed E-state index contributed by atoms with van der Waals surface area (Å²) in [5, 5.41) is 3.26. The van der Waals surface area contributed by atoms with Gasteiger partial charge in [-0.1, -0.05) is 37.3 Å². The highest BCUT2D eigenvalue weighted by Gasteiger charge is 2.18. The molecule has 3 aromatic rings. The fourth-order valence-electron chi connectivity index (χ4n) is 3.64. The number of nitrogens with zero attached hydrogens (tertiary/aromatic N) is 2. The first-order valence-corrected chi connectivity index (χ1v) is 10.0. The molecule has 1 amide bonds. The average molecular weight is 405 g/mol. The van der Waals surface area contributed by atoms with Gasteiger partial charge in [0, 0.05) is 19.5 Å². The van der Waals surface area contributed by atoms with Gasteiger partial charge >= 0.3 is 5.97 Å². The summed E-state index contributed by atoms with van der Waals surface area (Å²) in [6, 6.07) is 14.5. The van der Waals surface area contributed by atoms with Crippen LogP contribution in [0.3, 0.4) is 0 Å². The first-order valence-electron chi connectivity index (χ1n) is 10.0. The zero-order chi connectivity index (χ0) is 21.1. The normalized spacial score (nSPS) is 13.6. The van der Waals surface area contributed by atoms with Crippen LogP contribution in [0, 0.1) is 0 Å². The zero-order valence-corrected chi connectivity index (χ0v) is 16.8. The predicted octanol–water partition coefficient (Wildman–Crippen LogP) is 2.42. The van der Waals surface area contributed by atoms with Crippen LogP contribution in [0.4, 0.5) is 0 Å². The highest BCUT2D eigenvalue weighted by molar-refractivity contribution is 5.95. The maximum atomic E-state index is 12.5. The third-order valence-corrected chi connectivity index (χ3v) is 5.36. The number of amides is 1. The van der Waals surface area contributed by atoms with Gasteiger partial charge < -0.3 is 10.1 Å². The molecule has 30 heavy (non-hydrogen) atoms. The Morgan fingerprint density at radius 3 is 2.80 bits per heavy atom. The fraction of sp³-hybridized carbons (Fsp3) is 0.304. The molecule has 0 bridgehead atoms. The lowest BCUT2D eigenvalue weighted by atomic mass is 10.0. The van der Waals surface area contributed by atoms with Crippen LogP contribution in [-0.4, -0.2) is 34.6 Å². The standard InChI is InChI=1S/C23H23N3O4/c1-15(16-6-3-2-4-7-16)13-24-21(27)14-30-23(29)17-9-10-18-19(12-17)25-20-8-5-11-26(20)22(18)28/h2-4,6-7,9-10,12,15H,5,8,11,13-14H2,1H3,(H,24,27)/t15-/m1/s1. The summed E-state index contributed by atoms with van der Waals surface area (Å²) >= 11 is 0. The van der Waals surface area contributed by atoms with Crippen molar-refractivity contribution >= 4 is 22.8 Å². The molecule has 0 fully saturated rings. The Kier molecular flexibility index (Phi) is 5.61. The van der Waals surface area contributed by atoms with Gasteiger partial charge in [0.15, 0.2) is 6.61 Å². The van der Waals surface area contributed by atoms with Gasteiger partial charge in [-0.05, 0) is 36.1 Å². The number of esters is 1. The van der Waals surface area contributed by atoms with Gasteiger partial charge in [0.05, 0.1) is 16.5 Å². The van der Waals surface area contributed by atoms with Crippen LogP contribution in [0.1, 0.15) is 41.0 Å². The largest absolute Gasteiger partial charge is 0.452 e. The third-order valence-electron chi connectivity index (χ3n) is 5.36. The minimum atomic E-state index is -0.620. The van der Waals surface area contributed by atoms with E-state index < -0.39 is 5.97 Å². The first-order chi connectivity index (χ1) is 14.5. The van der Waals surface area contributed by atoms with Gasteiger partial charge in [-0.25, -0.2) is 9.78 Å². The van der Waals surface area contributed by atoms with E-state index in [1.165, 1.54) is 6.07 Å². The van der Waals surface area contributed by atoms with Crippen molar-refractivity contribution in [2.45, 2.75) is 32.2 Å². The van der Waals surface area contributed by atoms with Crippen molar-refractivity contribution < 1.29 is 14.3 Å². The number of carbonyl (C=O) groups is 2. The molecule has 2 aromatic carbocycles. The highest BCUT2D eigenvalue weighted by atomic mass is 16.5. The minimum Gasteiger partial charge on any atom is -0.452 e. The molecular formula is C23H23N3O4. The van der Waals surface area contributed by atoms with Crippen molar-refractivity contribution in [3.63, 3.8) is 0 Å². The van der Waals surface area contributed by atoms with Crippen LogP contribution in [-0.2, 0) is 22.5 Å². The van der Waals surface area contributed by atoms with Gasteiger partial charge in [-0.2, -0.15) is 0 Å². The average Bonchev–Trinajstić information content (AvgIpc) is 3.25. The summed E-state index contributed by atoms with van der Waals surface area (Å²) in [6.07, 6.45) is 1.65. The van der Waals surface area contributed by atoms with E-state index in [1.54, 1.807) is 16.7 Å². The van der Waals surface area contributed by atoms with E-state index >= 15 is 0 Å². The second-order valence-corrected chi connectivity index (χ2v) is 7.51. The molecule has 0 saturated carbocycles. The van der Waals surface area contributed by atoms with Crippen LogP contribution >= 0.6 is 0 Å². The molecular weight excluding hydrogens is 382 g/mol. The maximum absolute atomic E-state index is 12.5. The predicted molar refractivity (Wildman–Crippen MR) is 112 cm³/mol. The van der Waals surface area contributed by atoms with E-state index in [4.69, 9.17) is 4.74 Å². The van der Waals surface area contributed by atoms with Gasteiger partial charge in [-0.3, -0.25) is 14.2 Å². The van der Waals surface area contributed by atoms with Crippen LogP contribution in [0.25, 0.3) is 10.9 Å². The summed E-state index contributed by atoms with van der Waals surface area (Å²) in [7, 11) is 0. The van der Waals surface area contributed by atoms with Crippen LogP contribution < -0.4 is 10.9 Å². The molecule has 1 aliphatic rings. The number of aromatic nitrogens is 2. The van der Waals surface area contributed by atoms with Gasteiger partial charge in [0.1, 0.15) is 5.82 Å². The summed E-state index contributed by atoms with van der Waals surface area (Å²) in [6.45, 7) is 2.79. The first kappa shape index (κ1) is 19.8. The summed E-state index contributed by atoms with van der Waals surface area (Å²) in [5.74, 6) is -0.0881. The van der Waals surface area contributed by atoms with Gasteiger partial charge in [0.25, 0.3) is 11.5 Å². The lowest BCUT2D eigenvalue weighted by Gasteiger charge is -2.13. The fourth-order valence-corrected chi connectivity index (χ4v) is 3.64. The molecule has 4 rings (SSSR count). The van der Waals surface area contributed by atoms with E-state index in [9.17, 15) is 14.4 Å². The van der Waals surface area contributed by atoms with E-state index in [0.717, 1.165) is 24.2 Å². The molecule has 0 radical (unpaired) electrons. The monoisotopic (exact) mass is 405 g/mol. The van der Waals surface area contributed by atoms with E-state index in [1.807, 2.05) is 37.3 Å². The van der Waals surface area contributed by atoms with Crippen molar-refractivity contribution in [2.75, 3.05) is 13.2 Å². The summed E-state index contributed by atoms with van der Waals surface area (Å²) in [4.78, 5) is 41.4. The molecule has 7 heteroatoms. The number of aryl methyl sites for hydroxylation is 1. The lowest BCUT2D eigenvalue weighted by Crippen LogP contribution is -2.31. The maximum Gasteiger partial charge on any atom is 0.338 e. The Morgan fingerprint density at radius 2 is 2.00 bits per heavy atom. The van der Waals surface area contributed by atoms with E-state index in [-0.39, 0.29) is 29.6 Å². The Labute approximate surface area is 173 Å². The molecule has 0 aliphatic carbocycles. The van der Waals surface area contributed by atoms with E-state index in [0.29, 0.717) is 24.0 Å². The Bertz CT molecular complexity index is 1150. The second-order valence-electron chi connectivity index (χ2n) is 7.51. The number of nitrogens with one attached hydrogen (secondary N) is 1. The van der Waals surface area contributed by atoms with Crippen molar-refractivity contribution in [3.8, 4) is 0 Å². The molecule has 1 aliphatic heterocycles. The molecule has 2 heterocycles. The highest BCUT2D eigenvalue weighted by Crippen LogP contribution is 2.17. The number of fused-ring (bicyclic) bond motifs is 2.